The first-order valence-corrected chi connectivity index (χ1v) is 6.01. The molecule has 1 aromatic heterocycles. The zero-order valence-electron chi connectivity index (χ0n) is 9.82. The minimum Gasteiger partial charge on any atom is -0.507 e. The number of carbonyl (C=O) groups excluding carboxylic acids is 1. The van der Waals surface area contributed by atoms with Crippen LogP contribution in [0.3, 0.4) is 0 Å². The number of aryl methyl sites for hydroxylation is 1. The van der Waals surface area contributed by atoms with E-state index in [1.165, 1.54) is 12.4 Å². The molecular formula is C12H9Cl2N3O2. The fourth-order valence-corrected chi connectivity index (χ4v) is 1.72. The molecule has 2 N–H and O–H groups in total. The zero-order valence-corrected chi connectivity index (χ0v) is 11.3. The van der Waals surface area contributed by atoms with Gasteiger partial charge in [-0.15, -0.1) is 0 Å². The lowest BCUT2D eigenvalue weighted by Crippen LogP contribution is -2.14. The lowest BCUT2D eigenvalue weighted by molar-refractivity contribution is 0.102. The van der Waals surface area contributed by atoms with Crippen LogP contribution in [0, 0.1) is 6.92 Å². The third-order valence-corrected chi connectivity index (χ3v) is 3.12. The van der Waals surface area contributed by atoms with Gasteiger partial charge < -0.3 is 10.4 Å². The van der Waals surface area contributed by atoms with E-state index >= 15 is 0 Å². The minimum atomic E-state index is -0.530. The van der Waals surface area contributed by atoms with Crippen molar-refractivity contribution in [2.45, 2.75) is 6.92 Å². The smallest absolute Gasteiger partial charge is 0.260 e. The number of rotatable bonds is 2. The van der Waals surface area contributed by atoms with Gasteiger partial charge in [-0.3, -0.25) is 4.79 Å². The van der Waals surface area contributed by atoms with Gasteiger partial charge >= 0.3 is 0 Å². The van der Waals surface area contributed by atoms with Crippen molar-refractivity contribution in [1.29, 1.82) is 0 Å². The molecule has 0 aliphatic rings. The van der Waals surface area contributed by atoms with Crippen molar-refractivity contribution in [3.63, 3.8) is 0 Å². The predicted molar refractivity (Wildman–Crippen MR) is 72.8 cm³/mol. The molecule has 0 bridgehead atoms. The molecule has 0 saturated carbocycles. The van der Waals surface area contributed by atoms with Gasteiger partial charge in [-0.05, 0) is 19.1 Å². The molecule has 0 unspecified atom stereocenters. The average Bonchev–Trinajstić information content (AvgIpc) is 2.38. The number of halogens is 2. The largest absolute Gasteiger partial charge is 0.507 e. The third kappa shape index (κ3) is 2.94. The standard InChI is InChI=1S/C12H9Cl2N3O2/c1-6-2-3-8(18)7(4-6)12(19)17-11-9(13)10(14)15-5-16-11/h2-5,18H,1H3,(H,15,16,17,19). The summed E-state index contributed by atoms with van der Waals surface area (Å²) in [4.78, 5) is 19.5. The molecule has 0 spiro atoms. The van der Waals surface area contributed by atoms with Crippen LogP contribution in [0.25, 0.3) is 0 Å². The fraction of sp³-hybridized carbons (Fsp3) is 0.0833. The first kappa shape index (κ1) is 13.6. The van der Waals surface area contributed by atoms with E-state index in [1.54, 1.807) is 12.1 Å². The molecule has 2 aromatic rings. The van der Waals surface area contributed by atoms with Gasteiger partial charge in [-0.1, -0.05) is 34.8 Å². The van der Waals surface area contributed by atoms with Crippen LogP contribution >= 0.6 is 23.2 Å². The monoisotopic (exact) mass is 297 g/mol. The Kier molecular flexibility index (Phi) is 3.87. The van der Waals surface area contributed by atoms with E-state index in [9.17, 15) is 9.90 Å². The number of carbonyl (C=O) groups is 1. The van der Waals surface area contributed by atoms with Crippen molar-refractivity contribution in [3.8, 4) is 5.75 Å². The second-order valence-corrected chi connectivity index (χ2v) is 4.54. The number of hydrogen-bond acceptors (Lipinski definition) is 4. The number of phenolic OH excluding ortho intramolecular Hbond substituents is 1. The Labute approximate surface area is 119 Å². The molecule has 1 amide bonds. The van der Waals surface area contributed by atoms with E-state index in [0.717, 1.165) is 5.56 Å². The fourth-order valence-electron chi connectivity index (χ4n) is 1.44. The van der Waals surface area contributed by atoms with E-state index in [-0.39, 0.29) is 27.3 Å². The van der Waals surface area contributed by atoms with Gasteiger partial charge in [0.15, 0.2) is 11.0 Å². The Bertz CT molecular complexity index is 647. The summed E-state index contributed by atoms with van der Waals surface area (Å²) in [7, 11) is 0. The van der Waals surface area contributed by atoms with E-state index in [0.29, 0.717) is 0 Å². The van der Waals surface area contributed by atoms with Crippen molar-refractivity contribution in [3.05, 3.63) is 45.8 Å². The number of amides is 1. The summed E-state index contributed by atoms with van der Waals surface area (Å²) >= 11 is 11.6. The normalized spacial score (nSPS) is 10.3. The predicted octanol–water partition coefficient (Wildman–Crippen LogP) is 3.05. The van der Waals surface area contributed by atoms with Crippen molar-refractivity contribution >= 4 is 34.9 Å². The molecule has 1 aromatic carbocycles. The van der Waals surface area contributed by atoms with E-state index in [1.807, 2.05) is 6.92 Å². The number of phenols is 1. The van der Waals surface area contributed by atoms with Crippen LogP contribution < -0.4 is 5.32 Å². The number of anilines is 1. The van der Waals surface area contributed by atoms with Gasteiger partial charge in [0.05, 0.1) is 5.56 Å². The van der Waals surface area contributed by atoms with Crippen molar-refractivity contribution < 1.29 is 9.90 Å². The molecule has 0 radical (unpaired) electrons. The molecule has 1 heterocycles. The van der Waals surface area contributed by atoms with Crippen LogP contribution in [-0.4, -0.2) is 21.0 Å². The summed E-state index contributed by atoms with van der Waals surface area (Å²) in [6.07, 6.45) is 1.18. The van der Waals surface area contributed by atoms with Gasteiger partial charge in [0.2, 0.25) is 0 Å². The van der Waals surface area contributed by atoms with E-state index < -0.39 is 5.91 Å². The SMILES string of the molecule is Cc1ccc(O)c(C(=O)Nc2ncnc(Cl)c2Cl)c1. The van der Waals surface area contributed by atoms with E-state index in [2.05, 4.69) is 15.3 Å². The van der Waals surface area contributed by atoms with Gasteiger partial charge in [0.1, 0.15) is 17.1 Å². The highest BCUT2D eigenvalue weighted by Crippen LogP contribution is 2.26. The van der Waals surface area contributed by atoms with E-state index in [4.69, 9.17) is 23.2 Å². The summed E-state index contributed by atoms with van der Waals surface area (Å²) in [6, 6.07) is 4.70. The highest BCUT2D eigenvalue weighted by atomic mass is 35.5. The first-order valence-electron chi connectivity index (χ1n) is 5.26. The molecule has 5 nitrogen and oxygen atoms in total. The molecular weight excluding hydrogens is 289 g/mol. The van der Waals surface area contributed by atoms with Crippen LogP contribution in [0.2, 0.25) is 10.2 Å². The molecule has 98 valence electrons. The minimum absolute atomic E-state index is 0.0421. The lowest BCUT2D eigenvalue weighted by Gasteiger charge is -2.08. The average molecular weight is 298 g/mol. The van der Waals surface area contributed by atoms with Crippen LogP contribution in [0.4, 0.5) is 5.82 Å². The maximum atomic E-state index is 12.0. The Morgan fingerprint density at radius 3 is 2.79 bits per heavy atom. The Balaban J connectivity index is 2.31. The van der Waals surface area contributed by atoms with Crippen LogP contribution in [0.5, 0.6) is 5.75 Å². The van der Waals surface area contributed by atoms with Gasteiger partial charge in [-0.2, -0.15) is 0 Å². The second-order valence-electron chi connectivity index (χ2n) is 3.80. The summed E-state index contributed by atoms with van der Waals surface area (Å²) in [5, 5.41) is 12.2. The maximum Gasteiger partial charge on any atom is 0.260 e. The van der Waals surface area contributed by atoms with Crippen LogP contribution in [0.15, 0.2) is 24.5 Å². The van der Waals surface area contributed by atoms with Crippen molar-refractivity contribution in [1.82, 2.24) is 9.97 Å². The summed E-state index contributed by atoms with van der Waals surface area (Å²) < 4.78 is 0. The van der Waals surface area contributed by atoms with Crippen molar-refractivity contribution in [2.24, 2.45) is 0 Å². The lowest BCUT2D eigenvalue weighted by atomic mass is 10.1. The molecule has 0 saturated heterocycles. The Morgan fingerprint density at radius 2 is 2.05 bits per heavy atom. The Morgan fingerprint density at radius 1 is 1.32 bits per heavy atom. The quantitative estimate of drug-likeness (QED) is 0.836. The number of aromatic nitrogens is 2. The summed E-state index contributed by atoms with van der Waals surface area (Å²) in [5.41, 5.74) is 0.973. The number of hydrogen-bond donors (Lipinski definition) is 2. The van der Waals surface area contributed by atoms with Crippen molar-refractivity contribution in [2.75, 3.05) is 5.32 Å². The molecule has 7 heteroatoms. The van der Waals surface area contributed by atoms with Gasteiger partial charge in [-0.25, -0.2) is 9.97 Å². The summed E-state index contributed by atoms with van der Waals surface area (Å²) in [6.45, 7) is 1.81. The molecule has 2 rings (SSSR count). The topological polar surface area (TPSA) is 75.1 Å². The third-order valence-electron chi connectivity index (χ3n) is 2.38. The first-order chi connectivity index (χ1) is 8.99. The molecule has 19 heavy (non-hydrogen) atoms. The maximum absolute atomic E-state index is 12.0. The summed E-state index contributed by atoms with van der Waals surface area (Å²) in [5.74, 6) is -0.565. The van der Waals surface area contributed by atoms with Crippen LogP contribution in [0.1, 0.15) is 15.9 Å². The number of benzene rings is 1. The Hall–Kier alpha value is -1.85. The highest BCUT2D eigenvalue weighted by molar-refractivity contribution is 6.43. The van der Waals surface area contributed by atoms with Gasteiger partial charge in [0.25, 0.3) is 5.91 Å². The molecule has 0 fully saturated rings. The molecule has 0 aliphatic carbocycles. The van der Waals surface area contributed by atoms with Crippen LogP contribution in [-0.2, 0) is 0 Å². The van der Waals surface area contributed by atoms with Gasteiger partial charge in [0, 0.05) is 0 Å². The molecule has 0 aliphatic heterocycles. The number of nitrogens with one attached hydrogen (secondary N) is 1. The molecule has 0 atom stereocenters. The second kappa shape index (κ2) is 5.42. The highest BCUT2D eigenvalue weighted by Gasteiger charge is 2.15. The number of nitrogens with zero attached hydrogens (tertiary/aromatic N) is 2. The zero-order chi connectivity index (χ0) is 14.0. The number of aromatic hydroxyl groups is 1.